The maximum absolute atomic E-state index is 13.5. The van der Waals surface area contributed by atoms with Crippen LogP contribution in [-0.4, -0.2) is 41.2 Å². The summed E-state index contributed by atoms with van der Waals surface area (Å²) in [6.07, 6.45) is 0.802. The van der Waals surface area contributed by atoms with Crippen molar-refractivity contribution in [1.82, 2.24) is 10.3 Å². The van der Waals surface area contributed by atoms with Crippen molar-refractivity contribution >= 4 is 11.9 Å². The van der Waals surface area contributed by atoms with E-state index in [1.54, 1.807) is 13.0 Å². The maximum atomic E-state index is 13.5. The first kappa shape index (κ1) is 24.1. The van der Waals surface area contributed by atoms with Crippen molar-refractivity contribution in [3.63, 3.8) is 0 Å². The molecule has 0 saturated carbocycles. The second-order valence-corrected chi connectivity index (χ2v) is 7.82. The highest BCUT2D eigenvalue weighted by Crippen LogP contribution is 2.32. The number of hydrogen-bond acceptors (Lipinski definition) is 6. The van der Waals surface area contributed by atoms with Crippen LogP contribution < -0.4 is 10.1 Å². The molecule has 2 rings (SSSR count). The minimum Gasteiger partial charge on any atom is -0.503 e. The van der Waals surface area contributed by atoms with Crippen molar-refractivity contribution in [3.8, 4) is 11.5 Å². The monoisotopic (exact) mass is 432 g/mol. The Kier molecular flexibility index (Phi) is 7.96. The van der Waals surface area contributed by atoms with Crippen LogP contribution in [0.15, 0.2) is 30.5 Å². The van der Waals surface area contributed by atoms with Gasteiger partial charge in [-0.1, -0.05) is 19.9 Å². The Morgan fingerprint density at radius 3 is 2.42 bits per heavy atom. The number of pyridine rings is 1. The minimum atomic E-state index is -0.982. The minimum absolute atomic E-state index is 0.0958. The molecule has 0 saturated heterocycles. The van der Waals surface area contributed by atoms with Gasteiger partial charge in [0, 0.05) is 18.2 Å². The molecule has 0 spiro atoms. The fraction of sp³-hybridized carbons (Fsp3) is 0.435. The molecule has 0 fully saturated rings. The van der Waals surface area contributed by atoms with E-state index in [1.807, 2.05) is 20.8 Å². The van der Waals surface area contributed by atoms with Crippen molar-refractivity contribution < 1.29 is 28.6 Å². The molecule has 3 atom stereocenters. The van der Waals surface area contributed by atoms with E-state index in [-0.39, 0.29) is 29.1 Å². The second-order valence-electron chi connectivity index (χ2n) is 7.82. The summed E-state index contributed by atoms with van der Waals surface area (Å²) in [5.74, 6) is -2.04. The second kappa shape index (κ2) is 10.2. The number of methoxy groups -OCH3 is 1. The van der Waals surface area contributed by atoms with Crippen LogP contribution >= 0.6 is 0 Å². The average molecular weight is 432 g/mol. The Hall–Kier alpha value is -3.16. The van der Waals surface area contributed by atoms with E-state index in [0.717, 1.165) is 11.1 Å². The van der Waals surface area contributed by atoms with E-state index in [2.05, 4.69) is 10.3 Å². The highest BCUT2D eigenvalue weighted by molar-refractivity contribution is 5.97. The first-order chi connectivity index (χ1) is 14.6. The van der Waals surface area contributed by atoms with E-state index in [4.69, 9.17) is 9.47 Å². The molecule has 2 aromatic rings. The molecule has 1 heterocycles. The summed E-state index contributed by atoms with van der Waals surface area (Å²) in [4.78, 5) is 28.9. The number of aromatic hydroxyl groups is 1. The molecule has 0 aliphatic rings. The molecule has 8 heteroatoms. The average Bonchev–Trinajstić information content (AvgIpc) is 2.69. The van der Waals surface area contributed by atoms with Gasteiger partial charge in [0.15, 0.2) is 17.2 Å². The van der Waals surface area contributed by atoms with Gasteiger partial charge in [-0.2, -0.15) is 0 Å². The molecule has 2 N–H and O–H groups in total. The summed E-state index contributed by atoms with van der Waals surface area (Å²) in [6.45, 7) is 9.08. The lowest BCUT2D eigenvalue weighted by Crippen LogP contribution is -2.42. The maximum Gasteiger partial charge on any atom is 0.328 e. The lowest BCUT2D eigenvalue weighted by Gasteiger charge is -2.30. The molecule has 1 aromatic heterocycles. The summed E-state index contributed by atoms with van der Waals surface area (Å²) in [5.41, 5.74) is 1.43. The van der Waals surface area contributed by atoms with Crippen molar-refractivity contribution in [3.05, 3.63) is 53.1 Å². The molecule has 31 heavy (non-hydrogen) atoms. The number of nitrogens with zero attached hydrogens (tertiary/aromatic N) is 1. The first-order valence-corrected chi connectivity index (χ1v) is 10.1. The molecule has 0 aliphatic heterocycles. The van der Waals surface area contributed by atoms with E-state index >= 15 is 0 Å². The number of aryl methyl sites for hydroxylation is 1. The molecular weight excluding hydrogens is 403 g/mol. The quantitative estimate of drug-likeness (QED) is 0.617. The number of hydrogen-bond donors (Lipinski definition) is 2. The number of halogens is 1. The van der Waals surface area contributed by atoms with Crippen molar-refractivity contribution in [2.45, 2.75) is 52.7 Å². The van der Waals surface area contributed by atoms with Crippen molar-refractivity contribution in [2.75, 3.05) is 7.11 Å². The summed E-state index contributed by atoms with van der Waals surface area (Å²) >= 11 is 0. The zero-order chi connectivity index (χ0) is 23.3. The number of esters is 1. The molecule has 1 amide bonds. The lowest BCUT2D eigenvalue weighted by molar-refractivity contribution is -0.151. The number of carbonyl (C=O) groups is 2. The topological polar surface area (TPSA) is 97.8 Å². The fourth-order valence-corrected chi connectivity index (χ4v) is 3.62. The Morgan fingerprint density at radius 1 is 1.16 bits per heavy atom. The number of rotatable bonds is 8. The molecular formula is C23H29FN2O5. The van der Waals surface area contributed by atoms with Gasteiger partial charge >= 0.3 is 5.97 Å². The predicted octanol–water partition coefficient (Wildman–Crippen LogP) is 3.73. The third-order valence-corrected chi connectivity index (χ3v) is 5.14. The van der Waals surface area contributed by atoms with E-state index in [9.17, 15) is 19.1 Å². The van der Waals surface area contributed by atoms with Crippen LogP contribution in [0.4, 0.5) is 4.39 Å². The smallest absolute Gasteiger partial charge is 0.328 e. The molecule has 168 valence electrons. The Morgan fingerprint density at radius 2 is 1.84 bits per heavy atom. The standard InChI is InChI=1S/C23H29FN2O5/c1-12(2)19(17-8-7-16(24)11-13(17)3)15(5)31-23(29)14(4)26-22(28)20-21(27)18(30-6)9-10-25-20/h7-12,14-15,19,27H,1-6H3,(H,26,28)/t14-,15-,19+/m0/s1. The van der Waals surface area contributed by atoms with Gasteiger partial charge in [0.1, 0.15) is 18.0 Å². The van der Waals surface area contributed by atoms with Crippen molar-refractivity contribution in [2.24, 2.45) is 5.92 Å². The highest BCUT2D eigenvalue weighted by atomic mass is 19.1. The van der Waals surface area contributed by atoms with Crippen LogP contribution in [0.1, 0.15) is 55.2 Å². The van der Waals surface area contributed by atoms with Gasteiger partial charge in [-0.3, -0.25) is 4.79 Å². The van der Waals surface area contributed by atoms with Gasteiger partial charge in [0.05, 0.1) is 7.11 Å². The molecule has 7 nitrogen and oxygen atoms in total. The third kappa shape index (κ3) is 5.71. The number of amides is 1. The van der Waals surface area contributed by atoms with Gasteiger partial charge in [0.2, 0.25) is 0 Å². The Balaban J connectivity index is 2.11. The van der Waals surface area contributed by atoms with Crippen LogP contribution in [0, 0.1) is 18.7 Å². The highest BCUT2D eigenvalue weighted by Gasteiger charge is 2.30. The number of benzene rings is 1. The van der Waals surface area contributed by atoms with Gasteiger partial charge in [-0.15, -0.1) is 0 Å². The van der Waals surface area contributed by atoms with Crippen LogP contribution in [0.2, 0.25) is 0 Å². The SMILES string of the molecule is COc1ccnc(C(=O)N[C@@H](C)C(=O)O[C@@H](C)[C@H](c2ccc(F)cc2C)C(C)C)c1O. The zero-order valence-corrected chi connectivity index (χ0v) is 18.6. The molecule has 0 radical (unpaired) electrons. The number of ether oxygens (including phenoxy) is 2. The molecule has 0 unspecified atom stereocenters. The van der Waals surface area contributed by atoms with Crippen molar-refractivity contribution in [1.29, 1.82) is 0 Å². The summed E-state index contributed by atoms with van der Waals surface area (Å²) < 4.78 is 24.1. The normalized spacial score (nSPS) is 13.9. The third-order valence-electron chi connectivity index (χ3n) is 5.14. The van der Waals surface area contributed by atoms with E-state index in [0.29, 0.717) is 0 Å². The van der Waals surface area contributed by atoms with Crippen LogP contribution in [-0.2, 0) is 9.53 Å². The largest absolute Gasteiger partial charge is 0.503 e. The molecule has 0 bridgehead atoms. The lowest BCUT2D eigenvalue weighted by atomic mass is 9.82. The van der Waals surface area contributed by atoms with Crippen LogP contribution in [0.3, 0.4) is 0 Å². The summed E-state index contributed by atoms with van der Waals surface area (Å²) in [7, 11) is 1.35. The van der Waals surface area contributed by atoms with E-state index < -0.39 is 29.8 Å². The van der Waals surface area contributed by atoms with Crippen LogP contribution in [0.5, 0.6) is 11.5 Å². The molecule has 1 aromatic carbocycles. The van der Waals surface area contributed by atoms with Gasteiger partial charge in [-0.05, 0) is 49.9 Å². The Bertz CT molecular complexity index is 948. The van der Waals surface area contributed by atoms with Gasteiger partial charge in [-0.25, -0.2) is 14.2 Å². The van der Waals surface area contributed by atoms with Gasteiger partial charge < -0.3 is 19.9 Å². The summed E-state index contributed by atoms with van der Waals surface area (Å²) in [6, 6.07) is 4.99. The first-order valence-electron chi connectivity index (χ1n) is 10.1. The molecule has 0 aliphatic carbocycles. The number of nitrogens with one attached hydrogen (secondary N) is 1. The van der Waals surface area contributed by atoms with Crippen LogP contribution in [0.25, 0.3) is 0 Å². The summed E-state index contributed by atoms with van der Waals surface area (Å²) in [5, 5.41) is 12.5. The fourth-order valence-electron chi connectivity index (χ4n) is 3.62. The van der Waals surface area contributed by atoms with Gasteiger partial charge in [0.25, 0.3) is 5.91 Å². The zero-order valence-electron chi connectivity index (χ0n) is 18.6. The Labute approximate surface area is 181 Å². The predicted molar refractivity (Wildman–Crippen MR) is 114 cm³/mol. The van der Waals surface area contributed by atoms with E-state index in [1.165, 1.54) is 38.4 Å². The number of carbonyl (C=O) groups excluding carboxylic acids is 2. The number of aromatic nitrogens is 1.